The Morgan fingerprint density at radius 1 is 1.54 bits per heavy atom. The van der Waals surface area contributed by atoms with Gasteiger partial charge in [-0.2, -0.15) is 10.4 Å². The Bertz CT molecular complexity index is 827. The first-order valence-electron chi connectivity index (χ1n) is 7.66. The van der Waals surface area contributed by atoms with E-state index < -0.39 is 29.8 Å². The molecule has 0 bridgehead atoms. The summed E-state index contributed by atoms with van der Waals surface area (Å²) in [6, 6.07) is 7.45. The van der Waals surface area contributed by atoms with Gasteiger partial charge in [0, 0.05) is 12.6 Å². The SMILES string of the molecule is C=CC[C@@]1(c2ccc3c(N)ccnn23)O[C@H](CO)[C@@H](O)[C@@]1(C)C#N. The maximum absolute atomic E-state index is 10.6. The minimum Gasteiger partial charge on any atom is -0.397 e. The van der Waals surface area contributed by atoms with Crippen LogP contribution in [0.15, 0.2) is 37.1 Å². The lowest BCUT2D eigenvalue weighted by atomic mass is 9.68. The van der Waals surface area contributed by atoms with Gasteiger partial charge in [-0.25, -0.2) is 4.52 Å². The molecule has 1 saturated heterocycles. The summed E-state index contributed by atoms with van der Waals surface area (Å²) in [6.45, 7) is 5.00. The summed E-state index contributed by atoms with van der Waals surface area (Å²) in [7, 11) is 0. The van der Waals surface area contributed by atoms with Gasteiger partial charge >= 0.3 is 0 Å². The van der Waals surface area contributed by atoms with E-state index in [9.17, 15) is 15.5 Å². The van der Waals surface area contributed by atoms with E-state index in [0.29, 0.717) is 16.9 Å². The Labute approximate surface area is 139 Å². The molecule has 7 nitrogen and oxygen atoms in total. The molecule has 0 amide bonds. The van der Waals surface area contributed by atoms with E-state index >= 15 is 0 Å². The molecule has 4 atom stereocenters. The lowest BCUT2D eigenvalue weighted by molar-refractivity contribution is -0.0917. The third-order valence-corrected chi connectivity index (χ3v) is 4.98. The number of fused-ring (bicyclic) bond motifs is 1. The third kappa shape index (κ3) is 1.91. The number of aromatic nitrogens is 2. The van der Waals surface area contributed by atoms with Crippen LogP contribution < -0.4 is 5.73 Å². The average molecular weight is 328 g/mol. The van der Waals surface area contributed by atoms with Crippen LogP contribution in [0.3, 0.4) is 0 Å². The van der Waals surface area contributed by atoms with Gasteiger partial charge in [0.15, 0.2) is 0 Å². The summed E-state index contributed by atoms with van der Waals surface area (Å²) in [4.78, 5) is 0. The maximum Gasteiger partial charge on any atom is 0.135 e. The van der Waals surface area contributed by atoms with Crippen LogP contribution in [0, 0.1) is 16.7 Å². The van der Waals surface area contributed by atoms with Gasteiger partial charge in [-0.1, -0.05) is 6.08 Å². The Morgan fingerprint density at radius 3 is 2.92 bits per heavy atom. The zero-order valence-electron chi connectivity index (χ0n) is 13.4. The Balaban J connectivity index is 2.31. The normalized spacial score (nSPS) is 32.8. The predicted molar refractivity (Wildman–Crippen MR) is 87.8 cm³/mol. The molecule has 1 fully saturated rings. The van der Waals surface area contributed by atoms with Crippen molar-refractivity contribution in [2.45, 2.75) is 31.2 Å². The van der Waals surface area contributed by atoms with Gasteiger partial charge in [0.25, 0.3) is 0 Å². The van der Waals surface area contributed by atoms with Crippen molar-refractivity contribution in [2.24, 2.45) is 5.41 Å². The summed E-state index contributed by atoms with van der Waals surface area (Å²) in [5.41, 5.74) is 5.30. The highest BCUT2D eigenvalue weighted by molar-refractivity contribution is 5.69. The molecule has 2 aromatic heterocycles. The van der Waals surface area contributed by atoms with Gasteiger partial charge in [-0.05, 0) is 25.1 Å². The second kappa shape index (κ2) is 5.60. The van der Waals surface area contributed by atoms with Crippen molar-refractivity contribution < 1.29 is 14.9 Å². The monoisotopic (exact) mass is 328 g/mol. The summed E-state index contributed by atoms with van der Waals surface area (Å²) in [5, 5.41) is 34.3. The Morgan fingerprint density at radius 2 is 2.29 bits per heavy atom. The topological polar surface area (TPSA) is 117 Å². The first kappa shape index (κ1) is 16.5. The number of hydrogen-bond donors (Lipinski definition) is 3. The molecule has 0 unspecified atom stereocenters. The van der Waals surface area contributed by atoms with Crippen molar-refractivity contribution in [3.05, 3.63) is 42.7 Å². The van der Waals surface area contributed by atoms with E-state index in [-0.39, 0.29) is 6.42 Å². The minimum atomic E-state index is -1.30. The molecule has 3 heterocycles. The number of hydrogen-bond acceptors (Lipinski definition) is 6. The van der Waals surface area contributed by atoms with Crippen molar-refractivity contribution in [1.29, 1.82) is 5.26 Å². The predicted octanol–water partition coefficient (Wildman–Crippen LogP) is 0.970. The summed E-state index contributed by atoms with van der Waals surface area (Å²) < 4.78 is 7.67. The number of nitrogens with two attached hydrogens (primary N) is 1. The van der Waals surface area contributed by atoms with Crippen LogP contribution in [0.4, 0.5) is 5.69 Å². The average Bonchev–Trinajstić information content (AvgIpc) is 3.10. The van der Waals surface area contributed by atoms with E-state index in [0.717, 1.165) is 0 Å². The van der Waals surface area contributed by atoms with Crippen molar-refractivity contribution in [3.8, 4) is 6.07 Å². The number of ether oxygens (including phenoxy) is 1. The quantitative estimate of drug-likeness (QED) is 0.720. The first-order valence-corrected chi connectivity index (χ1v) is 7.66. The molecule has 0 spiro atoms. The zero-order valence-corrected chi connectivity index (χ0v) is 13.4. The van der Waals surface area contributed by atoms with Crippen molar-refractivity contribution in [1.82, 2.24) is 9.61 Å². The molecular weight excluding hydrogens is 308 g/mol. The molecule has 1 aliphatic heterocycles. The molecule has 24 heavy (non-hydrogen) atoms. The smallest absolute Gasteiger partial charge is 0.135 e. The third-order valence-electron chi connectivity index (χ3n) is 4.98. The number of anilines is 1. The maximum atomic E-state index is 10.6. The van der Waals surface area contributed by atoms with E-state index in [1.165, 1.54) is 0 Å². The molecule has 2 aromatic rings. The van der Waals surface area contributed by atoms with Crippen molar-refractivity contribution in [2.75, 3.05) is 12.3 Å². The highest BCUT2D eigenvalue weighted by atomic mass is 16.5. The number of aliphatic hydroxyl groups excluding tert-OH is 2. The van der Waals surface area contributed by atoms with Gasteiger partial charge in [-0.3, -0.25) is 0 Å². The molecule has 126 valence electrons. The molecule has 0 aliphatic carbocycles. The summed E-state index contributed by atoms with van der Waals surface area (Å²) in [6.07, 6.45) is 1.44. The minimum absolute atomic E-state index is 0.271. The lowest BCUT2D eigenvalue weighted by Gasteiger charge is -2.37. The van der Waals surface area contributed by atoms with E-state index in [1.807, 2.05) is 0 Å². The largest absolute Gasteiger partial charge is 0.397 e. The van der Waals surface area contributed by atoms with Crippen LogP contribution in [0.25, 0.3) is 5.52 Å². The van der Waals surface area contributed by atoms with Crippen LogP contribution in [0.5, 0.6) is 0 Å². The Kier molecular flexibility index (Phi) is 3.84. The molecule has 0 aromatic carbocycles. The van der Waals surface area contributed by atoms with E-state index in [1.54, 1.807) is 41.9 Å². The fraction of sp³-hybridized carbons (Fsp3) is 0.412. The van der Waals surface area contributed by atoms with Gasteiger partial charge in [0.1, 0.15) is 23.2 Å². The van der Waals surface area contributed by atoms with Crippen molar-refractivity contribution >= 4 is 11.2 Å². The lowest BCUT2D eigenvalue weighted by Crippen LogP contribution is -2.45. The number of nitrogens with zero attached hydrogens (tertiary/aromatic N) is 3. The molecule has 0 radical (unpaired) electrons. The van der Waals surface area contributed by atoms with Crippen LogP contribution in [-0.2, 0) is 10.3 Å². The van der Waals surface area contributed by atoms with E-state index in [2.05, 4.69) is 17.7 Å². The second-order valence-corrected chi connectivity index (χ2v) is 6.22. The van der Waals surface area contributed by atoms with E-state index in [4.69, 9.17) is 10.5 Å². The van der Waals surface area contributed by atoms with Gasteiger partial charge < -0.3 is 20.7 Å². The number of nitriles is 1. The van der Waals surface area contributed by atoms with Crippen molar-refractivity contribution in [3.63, 3.8) is 0 Å². The van der Waals surface area contributed by atoms with Gasteiger partial charge in [0.05, 0.1) is 29.6 Å². The molecule has 1 aliphatic rings. The fourth-order valence-corrected chi connectivity index (χ4v) is 3.59. The summed E-state index contributed by atoms with van der Waals surface area (Å²) >= 11 is 0. The van der Waals surface area contributed by atoms with Gasteiger partial charge in [0.2, 0.25) is 0 Å². The molecule has 0 saturated carbocycles. The number of rotatable bonds is 4. The summed E-state index contributed by atoms with van der Waals surface area (Å²) in [5.74, 6) is 0. The fourth-order valence-electron chi connectivity index (χ4n) is 3.59. The first-order chi connectivity index (χ1) is 11.4. The number of nitrogen functional groups attached to an aromatic ring is 1. The van der Waals surface area contributed by atoms with Crippen LogP contribution in [-0.4, -0.2) is 38.6 Å². The van der Waals surface area contributed by atoms with Crippen LogP contribution in [0.2, 0.25) is 0 Å². The number of aliphatic hydroxyl groups is 2. The molecular formula is C17H20N4O3. The molecule has 4 N–H and O–H groups in total. The second-order valence-electron chi connectivity index (χ2n) is 6.22. The standard InChI is InChI=1S/C17H20N4O3/c1-3-7-17(16(2,10-18)15(23)13(9-22)24-17)14-5-4-12-11(19)6-8-20-21(12)14/h3-6,8,13,15,22-23H,1,7,9,19H2,2H3/t13-,15-,16-,17+/m1/s1. The molecule has 7 heteroatoms. The highest BCUT2D eigenvalue weighted by Gasteiger charge is 2.64. The molecule has 3 rings (SSSR count). The zero-order chi connectivity index (χ0) is 17.5. The Hall–Kier alpha value is -2.40. The highest BCUT2D eigenvalue weighted by Crippen LogP contribution is 2.55. The van der Waals surface area contributed by atoms with Gasteiger partial charge in [-0.15, -0.1) is 6.58 Å². The van der Waals surface area contributed by atoms with Crippen LogP contribution in [0.1, 0.15) is 19.0 Å². The van der Waals surface area contributed by atoms with Crippen LogP contribution >= 0.6 is 0 Å².